The fraction of sp³-hybridized carbons (Fsp3) is 0.900. The number of rotatable bonds is 3. The normalized spacial score (nSPS) is 18.6. The van der Waals surface area contributed by atoms with Gasteiger partial charge in [-0.15, -0.1) is 0 Å². The molecule has 0 aromatic heterocycles. The van der Waals surface area contributed by atoms with Gasteiger partial charge in [0.1, 0.15) is 0 Å². The SMILES string of the molecule is CN(C(=O)CCS)C1CCCCC1. The Hall–Kier alpha value is -0.180. The van der Waals surface area contributed by atoms with Crippen LogP contribution in [0, 0.1) is 0 Å². The van der Waals surface area contributed by atoms with Gasteiger partial charge in [0, 0.05) is 19.5 Å². The monoisotopic (exact) mass is 201 g/mol. The summed E-state index contributed by atoms with van der Waals surface area (Å²) in [5, 5.41) is 0. The zero-order valence-electron chi connectivity index (χ0n) is 8.33. The molecule has 0 radical (unpaired) electrons. The molecule has 0 aliphatic heterocycles. The summed E-state index contributed by atoms with van der Waals surface area (Å²) in [7, 11) is 1.93. The third-order valence-corrected chi connectivity index (χ3v) is 3.07. The van der Waals surface area contributed by atoms with Crippen LogP contribution < -0.4 is 0 Å². The van der Waals surface area contributed by atoms with Gasteiger partial charge in [-0.25, -0.2) is 0 Å². The maximum atomic E-state index is 11.5. The summed E-state index contributed by atoms with van der Waals surface area (Å²) in [5.74, 6) is 0.914. The van der Waals surface area contributed by atoms with E-state index in [0.717, 1.165) is 0 Å². The lowest BCUT2D eigenvalue weighted by Gasteiger charge is -2.31. The van der Waals surface area contributed by atoms with Gasteiger partial charge in [0.2, 0.25) is 5.91 Å². The zero-order valence-corrected chi connectivity index (χ0v) is 9.22. The molecule has 0 unspecified atom stereocenters. The summed E-state index contributed by atoms with van der Waals surface area (Å²) in [6.45, 7) is 0. The van der Waals surface area contributed by atoms with Crippen molar-refractivity contribution in [3.8, 4) is 0 Å². The highest BCUT2D eigenvalue weighted by atomic mass is 32.1. The minimum atomic E-state index is 0.252. The number of amides is 1. The van der Waals surface area contributed by atoms with Gasteiger partial charge in [0.15, 0.2) is 0 Å². The van der Waals surface area contributed by atoms with Gasteiger partial charge in [-0.2, -0.15) is 12.6 Å². The predicted molar refractivity (Wildman–Crippen MR) is 58.1 cm³/mol. The highest BCUT2D eigenvalue weighted by Crippen LogP contribution is 2.21. The summed E-state index contributed by atoms with van der Waals surface area (Å²) in [6, 6.07) is 0.501. The first kappa shape index (κ1) is 10.9. The second-order valence-corrected chi connectivity index (χ2v) is 4.22. The highest BCUT2D eigenvalue weighted by molar-refractivity contribution is 7.80. The Morgan fingerprint density at radius 3 is 2.54 bits per heavy atom. The number of carbonyl (C=O) groups excluding carboxylic acids is 1. The Balaban J connectivity index is 2.35. The molecule has 76 valence electrons. The number of hydrogen-bond donors (Lipinski definition) is 1. The molecule has 1 saturated carbocycles. The molecule has 0 bridgehead atoms. The van der Waals surface area contributed by atoms with Crippen molar-refractivity contribution >= 4 is 18.5 Å². The van der Waals surface area contributed by atoms with Crippen molar-refractivity contribution in [3.63, 3.8) is 0 Å². The first-order chi connectivity index (χ1) is 6.25. The van der Waals surface area contributed by atoms with E-state index in [1.165, 1.54) is 32.1 Å². The molecule has 3 heteroatoms. The Morgan fingerprint density at radius 2 is 2.00 bits per heavy atom. The smallest absolute Gasteiger partial charge is 0.223 e. The third-order valence-electron chi connectivity index (χ3n) is 2.84. The highest BCUT2D eigenvalue weighted by Gasteiger charge is 2.20. The van der Waals surface area contributed by atoms with E-state index in [1.807, 2.05) is 11.9 Å². The minimum absolute atomic E-state index is 0.252. The summed E-state index contributed by atoms with van der Waals surface area (Å²) in [4.78, 5) is 13.4. The molecule has 0 aromatic carbocycles. The summed E-state index contributed by atoms with van der Waals surface area (Å²) in [6.07, 6.45) is 6.86. The van der Waals surface area contributed by atoms with Crippen LogP contribution in [0.15, 0.2) is 0 Å². The van der Waals surface area contributed by atoms with Crippen molar-refractivity contribution in [2.45, 2.75) is 44.6 Å². The topological polar surface area (TPSA) is 20.3 Å². The van der Waals surface area contributed by atoms with E-state index in [0.29, 0.717) is 18.2 Å². The van der Waals surface area contributed by atoms with Crippen molar-refractivity contribution in [1.29, 1.82) is 0 Å². The van der Waals surface area contributed by atoms with Gasteiger partial charge in [-0.3, -0.25) is 4.79 Å². The van der Waals surface area contributed by atoms with E-state index in [2.05, 4.69) is 12.6 Å². The first-order valence-electron chi connectivity index (χ1n) is 5.12. The molecule has 0 aromatic rings. The number of carbonyl (C=O) groups is 1. The average molecular weight is 201 g/mol. The molecule has 0 spiro atoms. The van der Waals surface area contributed by atoms with E-state index in [-0.39, 0.29) is 5.91 Å². The Bertz CT molecular complexity index is 166. The lowest BCUT2D eigenvalue weighted by Crippen LogP contribution is -2.38. The Morgan fingerprint density at radius 1 is 1.38 bits per heavy atom. The molecule has 0 atom stereocenters. The number of hydrogen-bond acceptors (Lipinski definition) is 2. The van der Waals surface area contributed by atoms with Gasteiger partial charge in [-0.05, 0) is 18.6 Å². The second kappa shape index (κ2) is 5.53. The zero-order chi connectivity index (χ0) is 9.68. The molecular weight excluding hydrogens is 182 g/mol. The van der Waals surface area contributed by atoms with E-state index >= 15 is 0 Å². The lowest BCUT2D eigenvalue weighted by molar-refractivity contribution is -0.132. The predicted octanol–water partition coefficient (Wildman–Crippen LogP) is 2.10. The fourth-order valence-electron chi connectivity index (χ4n) is 1.94. The van der Waals surface area contributed by atoms with Crippen LogP contribution in [-0.4, -0.2) is 29.6 Å². The molecule has 13 heavy (non-hydrogen) atoms. The van der Waals surface area contributed by atoms with Crippen molar-refractivity contribution in [3.05, 3.63) is 0 Å². The Labute approximate surface area is 86.1 Å². The van der Waals surface area contributed by atoms with Gasteiger partial charge in [0.05, 0.1) is 0 Å². The van der Waals surface area contributed by atoms with Crippen molar-refractivity contribution in [1.82, 2.24) is 4.90 Å². The molecular formula is C10H19NOS. The quantitative estimate of drug-likeness (QED) is 0.693. The third kappa shape index (κ3) is 3.22. The summed E-state index contributed by atoms with van der Waals surface area (Å²) in [5.41, 5.74) is 0. The van der Waals surface area contributed by atoms with E-state index in [9.17, 15) is 4.79 Å². The standard InChI is InChI=1S/C10H19NOS/c1-11(10(12)7-8-13)9-5-3-2-4-6-9/h9,13H,2-8H2,1H3. The van der Waals surface area contributed by atoms with Crippen molar-refractivity contribution in [2.75, 3.05) is 12.8 Å². The second-order valence-electron chi connectivity index (χ2n) is 3.77. The van der Waals surface area contributed by atoms with Crippen molar-refractivity contribution in [2.24, 2.45) is 0 Å². The van der Waals surface area contributed by atoms with Crippen LogP contribution >= 0.6 is 12.6 Å². The molecule has 1 amide bonds. The Kier molecular flexibility index (Phi) is 4.64. The van der Waals surface area contributed by atoms with Gasteiger partial charge < -0.3 is 4.90 Å². The van der Waals surface area contributed by atoms with Gasteiger partial charge in [-0.1, -0.05) is 19.3 Å². The lowest BCUT2D eigenvalue weighted by atomic mass is 9.94. The summed E-state index contributed by atoms with van der Waals surface area (Å²) >= 11 is 4.07. The van der Waals surface area contributed by atoms with Crippen LogP contribution in [-0.2, 0) is 4.79 Å². The van der Waals surface area contributed by atoms with E-state index < -0.39 is 0 Å². The maximum Gasteiger partial charge on any atom is 0.223 e. The molecule has 1 fully saturated rings. The van der Waals surface area contributed by atoms with Crippen LogP contribution in [0.3, 0.4) is 0 Å². The number of thiol groups is 1. The van der Waals surface area contributed by atoms with E-state index in [1.54, 1.807) is 0 Å². The van der Waals surface area contributed by atoms with Crippen LogP contribution in [0.1, 0.15) is 38.5 Å². The number of nitrogens with zero attached hydrogens (tertiary/aromatic N) is 1. The van der Waals surface area contributed by atoms with E-state index in [4.69, 9.17) is 0 Å². The molecule has 1 aliphatic carbocycles. The van der Waals surface area contributed by atoms with Crippen LogP contribution in [0.4, 0.5) is 0 Å². The van der Waals surface area contributed by atoms with Crippen LogP contribution in [0.25, 0.3) is 0 Å². The molecule has 1 aliphatic rings. The molecule has 2 nitrogen and oxygen atoms in total. The molecule has 0 saturated heterocycles. The van der Waals surface area contributed by atoms with Gasteiger partial charge in [0.25, 0.3) is 0 Å². The first-order valence-corrected chi connectivity index (χ1v) is 5.75. The largest absolute Gasteiger partial charge is 0.343 e. The summed E-state index contributed by atoms with van der Waals surface area (Å²) < 4.78 is 0. The molecule has 1 rings (SSSR count). The van der Waals surface area contributed by atoms with Crippen LogP contribution in [0.2, 0.25) is 0 Å². The minimum Gasteiger partial charge on any atom is -0.343 e. The fourth-order valence-corrected chi connectivity index (χ4v) is 2.14. The molecule has 0 N–H and O–H groups in total. The average Bonchev–Trinajstić information content (AvgIpc) is 2.18. The van der Waals surface area contributed by atoms with Gasteiger partial charge >= 0.3 is 0 Å². The van der Waals surface area contributed by atoms with Crippen molar-refractivity contribution < 1.29 is 4.79 Å². The van der Waals surface area contributed by atoms with Crippen LogP contribution in [0.5, 0.6) is 0 Å². The molecule has 0 heterocycles. The maximum absolute atomic E-state index is 11.5.